The van der Waals surface area contributed by atoms with E-state index in [1.807, 2.05) is 36.4 Å². The number of nitrogens with one attached hydrogen (secondary N) is 1. The zero-order valence-corrected chi connectivity index (χ0v) is 12.7. The summed E-state index contributed by atoms with van der Waals surface area (Å²) in [6.07, 6.45) is 6.79. The molecule has 0 spiro atoms. The van der Waals surface area contributed by atoms with Gasteiger partial charge in [0.15, 0.2) is 5.76 Å². The van der Waals surface area contributed by atoms with Crippen LogP contribution in [0.5, 0.6) is 0 Å². The van der Waals surface area contributed by atoms with Crippen molar-refractivity contribution < 1.29 is 4.42 Å². The summed E-state index contributed by atoms with van der Waals surface area (Å²) in [4.78, 5) is 15.9. The van der Waals surface area contributed by atoms with Crippen molar-refractivity contribution in [3.63, 3.8) is 0 Å². The number of pyridine rings is 1. The third kappa shape index (κ3) is 2.62. The zero-order valence-electron chi connectivity index (χ0n) is 11.9. The van der Waals surface area contributed by atoms with Crippen LogP contribution >= 0.6 is 11.6 Å². The van der Waals surface area contributed by atoms with Crippen LogP contribution in [-0.2, 0) is 0 Å². The molecule has 0 aliphatic carbocycles. The number of halogens is 1. The minimum absolute atomic E-state index is 0.467. The molecule has 0 radical (unpaired) electrons. The highest BCUT2D eigenvalue weighted by molar-refractivity contribution is 6.33. The molecule has 0 fully saturated rings. The number of rotatable bonds is 3. The van der Waals surface area contributed by atoms with Crippen molar-refractivity contribution in [2.45, 2.75) is 0 Å². The van der Waals surface area contributed by atoms with Crippen LogP contribution in [0.2, 0.25) is 5.02 Å². The molecule has 0 atom stereocenters. The highest BCUT2D eigenvalue weighted by Gasteiger charge is 2.13. The van der Waals surface area contributed by atoms with Gasteiger partial charge in [0, 0.05) is 23.5 Å². The Kier molecular flexibility index (Phi) is 3.40. The van der Waals surface area contributed by atoms with Gasteiger partial charge in [-0.25, -0.2) is 9.97 Å². The molecule has 3 heterocycles. The number of benzene rings is 1. The second-order valence-corrected chi connectivity index (χ2v) is 5.30. The van der Waals surface area contributed by atoms with Crippen molar-refractivity contribution >= 4 is 11.6 Å². The summed E-state index contributed by atoms with van der Waals surface area (Å²) in [5.41, 5.74) is 2.40. The number of hydrogen-bond acceptors (Lipinski definition) is 4. The van der Waals surface area contributed by atoms with Gasteiger partial charge in [-0.1, -0.05) is 23.7 Å². The molecule has 0 saturated carbocycles. The number of hydrogen-bond donors (Lipinski definition) is 1. The van der Waals surface area contributed by atoms with Crippen molar-refractivity contribution in [1.29, 1.82) is 0 Å². The van der Waals surface area contributed by atoms with Crippen molar-refractivity contribution in [2.75, 3.05) is 0 Å². The maximum absolute atomic E-state index is 6.19. The van der Waals surface area contributed by atoms with Gasteiger partial charge < -0.3 is 9.40 Å². The van der Waals surface area contributed by atoms with Gasteiger partial charge >= 0.3 is 0 Å². The first-order valence-electron chi connectivity index (χ1n) is 6.98. The zero-order chi connectivity index (χ0) is 15.6. The van der Waals surface area contributed by atoms with Crippen LogP contribution < -0.4 is 0 Å². The van der Waals surface area contributed by atoms with Gasteiger partial charge in [0.2, 0.25) is 5.89 Å². The number of aromatic nitrogens is 4. The number of imidazole rings is 1. The predicted molar refractivity (Wildman–Crippen MR) is 87.8 cm³/mol. The van der Waals surface area contributed by atoms with Gasteiger partial charge in [0.05, 0.1) is 17.4 Å². The Morgan fingerprint density at radius 3 is 2.70 bits per heavy atom. The Labute approximate surface area is 137 Å². The fourth-order valence-corrected chi connectivity index (χ4v) is 2.49. The molecule has 0 amide bonds. The summed E-state index contributed by atoms with van der Waals surface area (Å²) < 4.78 is 5.78. The molecule has 112 valence electrons. The monoisotopic (exact) mass is 322 g/mol. The Morgan fingerprint density at radius 2 is 1.87 bits per heavy atom. The lowest BCUT2D eigenvalue weighted by molar-refractivity contribution is 0.586. The second kappa shape index (κ2) is 5.70. The third-order valence-electron chi connectivity index (χ3n) is 3.39. The Morgan fingerprint density at radius 1 is 0.957 bits per heavy atom. The van der Waals surface area contributed by atoms with E-state index in [9.17, 15) is 0 Å². The van der Waals surface area contributed by atoms with Gasteiger partial charge in [0.25, 0.3) is 0 Å². The summed E-state index contributed by atoms with van der Waals surface area (Å²) in [5, 5.41) is 0.636. The van der Waals surface area contributed by atoms with Gasteiger partial charge in [-0.15, -0.1) is 0 Å². The summed E-state index contributed by atoms with van der Waals surface area (Å²) in [6.45, 7) is 0. The van der Waals surface area contributed by atoms with E-state index in [1.54, 1.807) is 24.8 Å². The lowest BCUT2D eigenvalue weighted by Gasteiger charge is -1.99. The fourth-order valence-electron chi connectivity index (χ4n) is 2.26. The van der Waals surface area contributed by atoms with E-state index in [0.717, 1.165) is 11.1 Å². The molecule has 0 aliphatic heterocycles. The molecule has 4 aromatic rings. The predicted octanol–water partition coefficient (Wildman–Crippen LogP) is 4.45. The SMILES string of the molecule is Clc1ccccc1-c1ncc(-c2ncc(-c3cccnc3)o2)[nH]1. The van der Waals surface area contributed by atoms with E-state index >= 15 is 0 Å². The molecule has 3 aromatic heterocycles. The van der Waals surface area contributed by atoms with Crippen LogP contribution in [0.3, 0.4) is 0 Å². The molecule has 4 rings (SSSR count). The molecule has 0 bridgehead atoms. The molecule has 1 aromatic carbocycles. The highest BCUT2D eigenvalue weighted by Crippen LogP contribution is 2.28. The maximum atomic E-state index is 6.19. The van der Waals surface area contributed by atoms with Crippen LogP contribution in [0.1, 0.15) is 0 Å². The number of H-pyrrole nitrogens is 1. The van der Waals surface area contributed by atoms with E-state index in [2.05, 4.69) is 19.9 Å². The molecule has 23 heavy (non-hydrogen) atoms. The average molecular weight is 323 g/mol. The van der Waals surface area contributed by atoms with Crippen molar-refractivity contribution in [3.8, 4) is 34.3 Å². The standard InChI is InChI=1S/C17H11ClN4O/c18-13-6-2-1-5-12(13)16-20-9-14(22-16)17-21-10-15(23-17)11-4-3-7-19-8-11/h1-10H,(H,20,22). The topological polar surface area (TPSA) is 67.6 Å². The van der Waals surface area contributed by atoms with Crippen LogP contribution in [0.15, 0.2) is 65.6 Å². The summed E-state index contributed by atoms with van der Waals surface area (Å²) in [6, 6.07) is 11.3. The van der Waals surface area contributed by atoms with Gasteiger partial charge in [0.1, 0.15) is 11.5 Å². The highest BCUT2D eigenvalue weighted by atomic mass is 35.5. The van der Waals surface area contributed by atoms with E-state index in [4.69, 9.17) is 16.0 Å². The smallest absolute Gasteiger partial charge is 0.245 e. The molecule has 0 unspecified atom stereocenters. The Balaban J connectivity index is 1.68. The van der Waals surface area contributed by atoms with Crippen molar-refractivity contribution in [3.05, 3.63) is 66.2 Å². The molecule has 0 aliphatic rings. The number of aromatic amines is 1. The van der Waals surface area contributed by atoms with Crippen LogP contribution in [0, 0.1) is 0 Å². The molecular formula is C17H11ClN4O. The minimum atomic E-state index is 0.467. The average Bonchev–Trinajstić information content (AvgIpc) is 3.25. The number of oxazole rings is 1. The van der Waals surface area contributed by atoms with Crippen LogP contribution in [0.25, 0.3) is 34.3 Å². The van der Waals surface area contributed by atoms with E-state index in [0.29, 0.717) is 28.2 Å². The normalized spacial score (nSPS) is 10.8. The first-order chi connectivity index (χ1) is 11.3. The quantitative estimate of drug-likeness (QED) is 0.605. The summed E-state index contributed by atoms with van der Waals surface area (Å²) in [7, 11) is 0. The largest absolute Gasteiger partial charge is 0.435 e. The summed E-state index contributed by atoms with van der Waals surface area (Å²) >= 11 is 6.19. The number of nitrogens with zero attached hydrogens (tertiary/aromatic N) is 3. The van der Waals surface area contributed by atoms with Crippen LogP contribution in [-0.4, -0.2) is 19.9 Å². The molecular weight excluding hydrogens is 312 g/mol. The first kappa shape index (κ1) is 13.7. The lowest BCUT2D eigenvalue weighted by atomic mass is 10.2. The molecule has 5 nitrogen and oxygen atoms in total. The van der Waals surface area contributed by atoms with E-state index in [-0.39, 0.29) is 0 Å². The Bertz CT molecular complexity index is 946. The lowest BCUT2D eigenvalue weighted by Crippen LogP contribution is -1.82. The maximum Gasteiger partial charge on any atom is 0.245 e. The van der Waals surface area contributed by atoms with E-state index < -0.39 is 0 Å². The summed E-state index contributed by atoms with van der Waals surface area (Å²) in [5.74, 6) is 1.79. The molecule has 6 heteroatoms. The van der Waals surface area contributed by atoms with Crippen molar-refractivity contribution in [1.82, 2.24) is 19.9 Å². The molecule has 1 N–H and O–H groups in total. The fraction of sp³-hybridized carbons (Fsp3) is 0. The second-order valence-electron chi connectivity index (χ2n) is 4.90. The van der Waals surface area contributed by atoms with Gasteiger partial charge in [-0.2, -0.15) is 0 Å². The molecule has 0 saturated heterocycles. The van der Waals surface area contributed by atoms with E-state index in [1.165, 1.54) is 0 Å². The Hall–Kier alpha value is -2.92. The van der Waals surface area contributed by atoms with Crippen LogP contribution in [0.4, 0.5) is 0 Å². The van der Waals surface area contributed by atoms with Gasteiger partial charge in [-0.3, -0.25) is 4.98 Å². The van der Waals surface area contributed by atoms with Crippen molar-refractivity contribution in [2.24, 2.45) is 0 Å². The third-order valence-corrected chi connectivity index (χ3v) is 3.72. The minimum Gasteiger partial charge on any atom is -0.435 e. The first-order valence-corrected chi connectivity index (χ1v) is 7.35. The van der Waals surface area contributed by atoms with Gasteiger partial charge in [-0.05, 0) is 24.3 Å².